The molecule has 1 aliphatic carbocycles. The summed E-state index contributed by atoms with van der Waals surface area (Å²) in [6, 6.07) is 9.30. The van der Waals surface area contributed by atoms with Crippen LogP contribution < -0.4 is 5.32 Å². The molecule has 0 aliphatic heterocycles. The molecule has 3 heterocycles. The second-order valence-corrected chi connectivity index (χ2v) is 6.38. The summed E-state index contributed by atoms with van der Waals surface area (Å²) in [5.74, 6) is 4.24. The Morgan fingerprint density at radius 2 is 2.17 bits per heavy atom. The molecule has 0 bridgehead atoms. The maximum Gasteiger partial charge on any atom is 0.272 e. The summed E-state index contributed by atoms with van der Waals surface area (Å²) in [6.07, 6.45) is 1.18. The molecule has 3 aromatic rings. The number of carbonyl (C=O) groups is 1. The van der Waals surface area contributed by atoms with Crippen LogP contribution in [-0.2, 0) is 6.54 Å². The van der Waals surface area contributed by atoms with E-state index in [0.29, 0.717) is 35.5 Å². The molecule has 2 N–H and O–H groups in total. The van der Waals surface area contributed by atoms with Crippen LogP contribution in [0.1, 0.15) is 47.0 Å². The van der Waals surface area contributed by atoms with Gasteiger partial charge in [-0.1, -0.05) is 6.92 Å². The predicted molar refractivity (Wildman–Crippen MR) is 87.4 cm³/mol. The van der Waals surface area contributed by atoms with Crippen molar-refractivity contribution in [2.45, 2.75) is 32.7 Å². The van der Waals surface area contributed by atoms with Gasteiger partial charge in [0.25, 0.3) is 5.91 Å². The third-order valence-corrected chi connectivity index (χ3v) is 4.40. The van der Waals surface area contributed by atoms with Crippen LogP contribution in [0.3, 0.4) is 0 Å². The normalized spacial score (nSPS) is 19.4. The smallest absolute Gasteiger partial charge is 0.272 e. The summed E-state index contributed by atoms with van der Waals surface area (Å²) in [6.45, 7) is 4.43. The highest BCUT2D eigenvalue weighted by Crippen LogP contribution is 2.47. The van der Waals surface area contributed by atoms with Crippen molar-refractivity contribution in [1.29, 1.82) is 0 Å². The number of nitrogens with one attached hydrogen (secondary N) is 2. The van der Waals surface area contributed by atoms with Gasteiger partial charge in [0, 0.05) is 12.0 Å². The number of furan rings is 2. The maximum absolute atomic E-state index is 12.2. The molecule has 3 aromatic heterocycles. The fourth-order valence-corrected chi connectivity index (χ4v) is 2.81. The van der Waals surface area contributed by atoms with Crippen molar-refractivity contribution >= 4 is 5.91 Å². The lowest BCUT2D eigenvalue weighted by molar-refractivity contribution is 0.0943. The lowest BCUT2D eigenvalue weighted by atomic mass is 10.3. The quantitative estimate of drug-likeness (QED) is 0.750. The van der Waals surface area contributed by atoms with E-state index in [1.54, 1.807) is 6.07 Å². The molecular formula is C18H19N3O3. The molecule has 2 atom stereocenters. The van der Waals surface area contributed by atoms with Gasteiger partial charge >= 0.3 is 0 Å². The second-order valence-electron chi connectivity index (χ2n) is 6.38. The Kier molecular flexibility index (Phi) is 3.52. The number of rotatable bonds is 5. The molecule has 1 amide bonds. The van der Waals surface area contributed by atoms with E-state index in [1.807, 2.05) is 31.2 Å². The SMILES string of the molecule is Cc1ccc(-c2cc(C(=O)NCc3ccc(C4CC4C)o3)n[nH]2)o1. The number of carbonyl (C=O) groups excluding carboxylic acids is 1. The molecule has 1 aliphatic rings. The Hall–Kier alpha value is -2.76. The highest BCUT2D eigenvalue weighted by atomic mass is 16.3. The topological polar surface area (TPSA) is 84.1 Å². The highest BCUT2D eigenvalue weighted by molar-refractivity contribution is 5.93. The van der Waals surface area contributed by atoms with E-state index in [0.717, 1.165) is 17.3 Å². The van der Waals surface area contributed by atoms with E-state index < -0.39 is 0 Å². The van der Waals surface area contributed by atoms with Gasteiger partial charge < -0.3 is 14.2 Å². The molecule has 6 heteroatoms. The van der Waals surface area contributed by atoms with Gasteiger partial charge in [0.05, 0.1) is 6.54 Å². The summed E-state index contributed by atoms with van der Waals surface area (Å²) >= 11 is 0. The Bertz CT molecular complexity index is 874. The number of amides is 1. The minimum absolute atomic E-state index is 0.251. The molecular weight excluding hydrogens is 306 g/mol. The number of aromatic nitrogens is 2. The van der Waals surface area contributed by atoms with Crippen molar-refractivity contribution in [2.75, 3.05) is 0 Å². The molecule has 1 saturated carbocycles. The van der Waals surface area contributed by atoms with E-state index in [-0.39, 0.29) is 5.91 Å². The first kappa shape index (κ1) is 14.8. The lowest BCUT2D eigenvalue weighted by Crippen LogP contribution is -2.22. The van der Waals surface area contributed by atoms with Gasteiger partial charge in [-0.3, -0.25) is 9.89 Å². The summed E-state index contributed by atoms with van der Waals surface area (Å²) in [4.78, 5) is 12.2. The summed E-state index contributed by atoms with van der Waals surface area (Å²) in [5, 5.41) is 9.68. The number of nitrogens with zero attached hydrogens (tertiary/aromatic N) is 1. The first-order chi connectivity index (χ1) is 11.6. The molecule has 1 fully saturated rings. The molecule has 24 heavy (non-hydrogen) atoms. The third kappa shape index (κ3) is 2.87. The van der Waals surface area contributed by atoms with Crippen LogP contribution >= 0.6 is 0 Å². The minimum atomic E-state index is -0.251. The van der Waals surface area contributed by atoms with Crippen LogP contribution in [0, 0.1) is 12.8 Å². The van der Waals surface area contributed by atoms with Crippen LogP contribution in [0.5, 0.6) is 0 Å². The van der Waals surface area contributed by atoms with Crippen molar-refractivity contribution < 1.29 is 13.6 Å². The zero-order chi connectivity index (χ0) is 16.7. The largest absolute Gasteiger partial charge is 0.464 e. The molecule has 124 valence electrons. The fraction of sp³-hybridized carbons (Fsp3) is 0.333. The van der Waals surface area contributed by atoms with Gasteiger partial charge in [0.2, 0.25) is 0 Å². The van der Waals surface area contributed by atoms with E-state index in [1.165, 1.54) is 6.42 Å². The summed E-state index contributed by atoms with van der Waals surface area (Å²) in [7, 11) is 0. The van der Waals surface area contributed by atoms with Gasteiger partial charge in [0.1, 0.15) is 23.0 Å². The first-order valence-corrected chi connectivity index (χ1v) is 8.09. The minimum Gasteiger partial charge on any atom is -0.464 e. The summed E-state index contributed by atoms with van der Waals surface area (Å²) < 4.78 is 11.3. The van der Waals surface area contributed by atoms with E-state index >= 15 is 0 Å². The van der Waals surface area contributed by atoms with E-state index in [9.17, 15) is 4.79 Å². The van der Waals surface area contributed by atoms with Crippen molar-refractivity contribution in [1.82, 2.24) is 15.5 Å². The summed E-state index contributed by atoms with van der Waals surface area (Å²) in [5.41, 5.74) is 0.998. The Balaban J connectivity index is 1.38. The van der Waals surface area contributed by atoms with Crippen LogP contribution in [0.25, 0.3) is 11.5 Å². The average molecular weight is 325 g/mol. The average Bonchev–Trinajstić information content (AvgIpc) is 3.03. The fourth-order valence-electron chi connectivity index (χ4n) is 2.81. The number of hydrogen-bond acceptors (Lipinski definition) is 4. The van der Waals surface area contributed by atoms with Crippen molar-refractivity contribution in [3.05, 3.63) is 53.3 Å². The monoisotopic (exact) mass is 325 g/mol. The Morgan fingerprint density at radius 3 is 2.88 bits per heavy atom. The zero-order valence-electron chi connectivity index (χ0n) is 13.6. The number of hydrogen-bond donors (Lipinski definition) is 2. The van der Waals surface area contributed by atoms with Gasteiger partial charge in [0.15, 0.2) is 11.5 Å². The lowest BCUT2D eigenvalue weighted by Gasteiger charge is -2.00. The molecule has 6 nitrogen and oxygen atoms in total. The number of aromatic amines is 1. The Labute approximate surface area is 139 Å². The van der Waals surface area contributed by atoms with Crippen molar-refractivity contribution in [3.63, 3.8) is 0 Å². The zero-order valence-corrected chi connectivity index (χ0v) is 13.6. The van der Waals surface area contributed by atoms with Gasteiger partial charge in [-0.2, -0.15) is 5.10 Å². The highest BCUT2D eigenvalue weighted by Gasteiger charge is 2.36. The van der Waals surface area contributed by atoms with Gasteiger partial charge in [-0.05, 0) is 43.5 Å². The molecule has 2 unspecified atom stereocenters. The van der Waals surface area contributed by atoms with Crippen molar-refractivity contribution in [2.24, 2.45) is 5.92 Å². The van der Waals surface area contributed by atoms with E-state index in [4.69, 9.17) is 8.83 Å². The molecule has 0 spiro atoms. The van der Waals surface area contributed by atoms with Crippen molar-refractivity contribution in [3.8, 4) is 11.5 Å². The maximum atomic E-state index is 12.2. The number of H-pyrrole nitrogens is 1. The third-order valence-electron chi connectivity index (χ3n) is 4.40. The Morgan fingerprint density at radius 1 is 1.33 bits per heavy atom. The van der Waals surface area contributed by atoms with Crippen LogP contribution in [0.15, 0.2) is 39.2 Å². The first-order valence-electron chi connectivity index (χ1n) is 8.09. The van der Waals surface area contributed by atoms with Gasteiger partial charge in [-0.15, -0.1) is 0 Å². The number of aryl methyl sites for hydroxylation is 1. The standard InChI is InChI=1S/C18H19N3O3/c1-10-7-13(10)16-6-4-12(24-16)9-19-18(22)15-8-14(20-21-15)17-5-3-11(2)23-17/h3-6,8,10,13H,7,9H2,1-2H3,(H,19,22)(H,20,21). The molecule has 0 saturated heterocycles. The predicted octanol–water partition coefficient (Wildman–Crippen LogP) is 3.62. The molecule has 0 aromatic carbocycles. The van der Waals surface area contributed by atoms with Crippen LogP contribution in [0.2, 0.25) is 0 Å². The van der Waals surface area contributed by atoms with Crippen LogP contribution in [0.4, 0.5) is 0 Å². The molecule has 0 radical (unpaired) electrons. The molecule has 4 rings (SSSR count). The van der Waals surface area contributed by atoms with Gasteiger partial charge in [-0.25, -0.2) is 0 Å². The van der Waals surface area contributed by atoms with E-state index in [2.05, 4.69) is 22.4 Å². The second kappa shape index (κ2) is 5.70. The van der Waals surface area contributed by atoms with Crippen LogP contribution in [-0.4, -0.2) is 16.1 Å².